The van der Waals surface area contributed by atoms with Crippen LogP contribution < -0.4 is 5.73 Å². The number of nitrogens with zero attached hydrogens (tertiary/aromatic N) is 1. The van der Waals surface area contributed by atoms with Crippen molar-refractivity contribution in [2.75, 3.05) is 6.54 Å². The summed E-state index contributed by atoms with van der Waals surface area (Å²) in [5.41, 5.74) is 7.10. The Balaban J connectivity index is 2.12. The maximum Gasteiger partial charge on any atom is 0.0303 e. The molecule has 1 fully saturated rings. The molecule has 1 aliphatic carbocycles. The Labute approximate surface area is 79.2 Å². The first-order chi connectivity index (χ1) is 6.42. The molecule has 1 aromatic rings. The molecule has 2 N–H and O–H groups in total. The summed E-state index contributed by atoms with van der Waals surface area (Å²) < 4.78 is 0. The van der Waals surface area contributed by atoms with Gasteiger partial charge in [-0.25, -0.2) is 0 Å². The average Bonchev–Trinajstić information content (AvgIpc) is 2.12. The lowest BCUT2D eigenvalue weighted by molar-refractivity contribution is 0.264. The molecule has 70 valence electrons. The second-order valence-corrected chi connectivity index (χ2v) is 3.82. The van der Waals surface area contributed by atoms with E-state index in [1.54, 1.807) is 0 Å². The van der Waals surface area contributed by atoms with Gasteiger partial charge in [-0.15, -0.1) is 0 Å². The maximum atomic E-state index is 5.79. The standard InChI is InChI=1S/C11H16N2/c12-7-11(9-3-1-4-9)10-5-2-6-13-8-10/h2,5-6,8-9,11H,1,3-4,7,12H2. The smallest absolute Gasteiger partial charge is 0.0303 e. The topological polar surface area (TPSA) is 38.9 Å². The van der Waals surface area contributed by atoms with E-state index in [2.05, 4.69) is 11.1 Å². The molecule has 1 unspecified atom stereocenters. The Hall–Kier alpha value is -0.890. The van der Waals surface area contributed by atoms with Crippen molar-refractivity contribution in [3.05, 3.63) is 30.1 Å². The lowest BCUT2D eigenvalue weighted by Gasteiger charge is -2.33. The molecule has 0 aromatic carbocycles. The number of hydrogen-bond donors (Lipinski definition) is 1. The van der Waals surface area contributed by atoms with Crippen molar-refractivity contribution >= 4 is 0 Å². The predicted octanol–water partition coefficient (Wildman–Crippen LogP) is 1.92. The Kier molecular flexibility index (Phi) is 2.60. The number of hydrogen-bond acceptors (Lipinski definition) is 2. The van der Waals surface area contributed by atoms with E-state index in [1.165, 1.54) is 24.8 Å². The Morgan fingerprint density at radius 2 is 2.38 bits per heavy atom. The third-order valence-electron chi connectivity index (χ3n) is 3.09. The lowest BCUT2D eigenvalue weighted by Crippen LogP contribution is -2.26. The van der Waals surface area contributed by atoms with Crippen molar-refractivity contribution < 1.29 is 0 Å². The van der Waals surface area contributed by atoms with E-state index in [0.717, 1.165) is 12.5 Å². The van der Waals surface area contributed by atoms with E-state index < -0.39 is 0 Å². The second kappa shape index (κ2) is 3.88. The molecule has 2 rings (SSSR count). The highest BCUT2D eigenvalue weighted by molar-refractivity contribution is 5.17. The summed E-state index contributed by atoms with van der Waals surface area (Å²) in [4.78, 5) is 4.14. The SMILES string of the molecule is NCC(c1cccnc1)C1CCC1. The highest BCUT2D eigenvalue weighted by atomic mass is 14.6. The van der Waals surface area contributed by atoms with Crippen LogP contribution in [0.15, 0.2) is 24.5 Å². The van der Waals surface area contributed by atoms with Gasteiger partial charge in [0.25, 0.3) is 0 Å². The molecule has 1 atom stereocenters. The number of aromatic nitrogens is 1. The molecule has 1 saturated carbocycles. The molecular formula is C11H16N2. The van der Waals surface area contributed by atoms with Gasteiger partial charge in [-0.1, -0.05) is 12.5 Å². The Morgan fingerprint density at radius 1 is 1.54 bits per heavy atom. The predicted molar refractivity (Wildman–Crippen MR) is 53.4 cm³/mol. The van der Waals surface area contributed by atoms with E-state index in [0.29, 0.717) is 5.92 Å². The van der Waals surface area contributed by atoms with Crippen LogP contribution in [-0.2, 0) is 0 Å². The summed E-state index contributed by atoms with van der Waals surface area (Å²) in [5.74, 6) is 1.36. The molecule has 0 spiro atoms. The van der Waals surface area contributed by atoms with Crippen LogP contribution in [0, 0.1) is 5.92 Å². The first-order valence-corrected chi connectivity index (χ1v) is 5.02. The third kappa shape index (κ3) is 1.73. The summed E-state index contributed by atoms with van der Waals surface area (Å²) >= 11 is 0. The van der Waals surface area contributed by atoms with Gasteiger partial charge in [-0.3, -0.25) is 4.98 Å². The van der Waals surface area contributed by atoms with Crippen LogP contribution in [0.5, 0.6) is 0 Å². The van der Waals surface area contributed by atoms with Gasteiger partial charge in [0.1, 0.15) is 0 Å². The van der Waals surface area contributed by atoms with Crippen LogP contribution in [-0.4, -0.2) is 11.5 Å². The summed E-state index contributed by atoms with van der Waals surface area (Å²) in [6.45, 7) is 0.760. The molecular weight excluding hydrogens is 160 g/mol. The van der Waals surface area contributed by atoms with E-state index >= 15 is 0 Å². The van der Waals surface area contributed by atoms with Crippen molar-refractivity contribution in [1.82, 2.24) is 4.98 Å². The molecule has 1 heterocycles. The second-order valence-electron chi connectivity index (χ2n) is 3.82. The van der Waals surface area contributed by atoms with E-state index in [-0.39, 0.29) is 0 Å². The molecule has 2 nitrogen and oxygen atoms in total. The molecule has 1 aliphatic rings. The van der Waals surface area contributed by atoms with E-state index in [4.69, 9.17) is 5.73 Å². The number of rotatable bonds is 3. The zero-order valence-electron chi connectivity index (χ0n) is 7.82. The highest BCUT2D eigenvalue weighted by Gasteiger charge is 2.27. The first kappa shape index (κ1) is 8.70. The molecule has 1 aromatic heterocycles. The minimum absolute atomic E-state index is 0.544. The van der Waals surface area contributed by atoms with Crippen LogP contribution >= 0.6 is 0 Å². The van der Waals surface area contributed by atoms with Crippen LogP contribution in [0.2, 0.25) is 0 Å². The van der Waals surface area contributed by atoms with E-state index in [1.807, 2.05) is 18.5 Å². The number of pyridine rings is 1. The fourth-order valence-corrected chi connectivity index (χ4v) is 2.04. The first-order valence-electron chi connectivity index (χ1n) is 5.02. The van der Waals surface area contributed by atoms with Crippen LogP contribution in [0.25, 0.3) is 0 Å². The van der Waals surface area contributed by atoms with Gasteiger partial charge >= 0.3 is 0 Å². The molecule has 13 heavy (non-hydrogen) atoms. The van der Waals surface area contributed by atoms with E-state index in [9.17, 15) is 0 Å². The molecule has 0 aliphatic heterocycles. The quantitative estimate of drug-likeness (QED) is 0.764. The molecule has 0 saturated heterocycles. The normalized spacial score (nSPS) is 19.5. The molecule has 0 radical (unpaired) electrons. The third-order valence-corrected chi connectivity index (χ3v) is 3.09. The zero-order chi connectivity index (χ0) is 9.10. The van der Waals surface area contributed by atoms with Gasteiger partial charge in [-0.05, 0) is 36.9 Å². The minimum Gasteiger partial charge on any atom is -0.330 e. The molecule has 0 amide bonds. The van der Waals surface area contributed by atoms with Crippen molar-refractivity contribution in [3.63, 3.8) is 0 Å². The maximum absolute atomic E-state index is 5.79. The summed E-state index contributed by atoms with van der Waals surface area (Å²) in [5, 5.41) is 0. The minimum atomic E-state index is 0.544. The summed E-state index contributed by atoms with van der Waals surface area (Å²) in [6.07, 6.45) is 7.84. The monoisotopic (exact) mass is 176 g/mol. The zero-order valence-corrected chi connectivity index (χ0v) is 7.82. The largest absolute Gasteiger partial charge is 0.330 e. The van der Waals surface area contributed by atoms with Gasteiger partial charge in [0.15, 0.2) is 0 Å². The van der Waals surface area contributed by atoms with Crippen molar-refractivity contribution in [2.45, 2.75) is 25.2 Å². The van der Waals surface area contributed by atoms with Crippen molar-refractivity contribution in [2.24, 2.45) is 11.7 Å². The highest BCUT2D eigenvalue weighted by Crippen LogP contribution is 2.38. The van der Waals surface area contributed by atoms with Crippen LogP contribution in [0.3, 0.4) is 0 Å². The lowest BCUT2D eigenvalue weighted by atomic mass is 9.73. The number of nitrogens with two attached hydrogens (primary N) is 1. The van der Waals surface area contributed by atoms with Gasteiger partial charge in [0.2, 0.25) is 0 Å². The van der Waals surface area contributed by atoms with Crippen molar-refractivity contribution in [3.8, 4) is 0 Å². The fourth-order valence-electron chi connectivity index (χ4n) is 2.04. The average molecular weight is 176 g/mol. The van der Waals surface area contributed by atoms with Crippen LogP contribution in [0.4, 0.5) is 0 Å². The fraction of sp³-hybridized carbons (Fsp3) is 0.545. The van der Waals surface area contributed by atoms with Gasteiger partial charge in [0, 0.05) is 18.3 Å². The molecule has 2 heteroatoms. The van der Waals surface area contributed by atoms with Gasteiger partial charge < -0.3 is 5.73 Å². The van der Waals surface area contributed by atoms with Crippen LogP contribution in [0.1, 0.15) is 30.7 Å². The summed E-state index contributed by atoms with van der Waals surface area (Å²) in [7, 11) is 0. The van der Waals surface area contributed by atoms with Crippen molar-refractivity contribution in [1.29, 1.82) is 0 Å². The van der Waals surface area contributed by atoms with Gasteiger partial charge in [-0.2, -0.15) is 0 Å². The Morgan fingerprint density at radius 3 is 2.85 bits per heavy atom. The summed E-state index contributed by atoms with van der Waals surface area (Å²) in [6, 6.07) is 4.14. The van der Waals surface area contributed by atoms with Gasteiger partial charge in [0.05, 0.1) is 0 Å². The molecule has 0 bridgehead atoms. The Bertz CT molecular complexity index is 254.